The summed E-state index contributed by atoms with van der Waals surface area (Å²) in [5, 5.41) is 2.98. The van der Waals surface area contributed by atoms with E-state index >= 15 is 0 Å². The van der Waals surface area contributed by atoms with Crippen molar-refractivity contribution >= 4 is 11.9 Å². The van der Waals surface area contributed by atoms with E-state index < -0.39 is 5.54 Å². The summed E-state index contributed by atoms with van der Waals surface area (Å²) in [4.78, 5) is 29.5. The highest BCUT2D eigenvalue weighted by Gasteiger charge is 2.27. The molecule has 3 rings (SSSR count). The van der Waals surface area contributed by atoms with Crippen molar-refractivity contribution in [1.29, 1.82) is 0 Å². The lowest BCUT2D eigenvalue weighted by molar-refractivity contribution is -0.132. The molecule has 32 heavy (non-hydrogen) atoms. The van der Waals surface area contributed by atoms with Gasteiger partial charge in [0.15, 0.2) is 11.5 Å². The average molecular weight is 440 g/mol. The van der Waals surface area contributed by atoms with Crippen LogP contribution in [0.25, 0.3) is 0 Å². The second-order valence-corrected chi connectivity index (χ2v) is 9.06. The van der Waals surface area contributed by atoms with Crippen molar-refractivity contribution in [1.82, 2.24) is 15.1 Å². The number of urea groups is 1. The van der Waals surface area contributed by atoms with Crippen LogP contribution in [0.1, 0.15) is 37.5 Å². The SMILES string of the molecule is COc1cc2c(cc1OC)CN(C(=O)CN(Cc1ccccc1)C(=O)NC(C)(C)C)CC2. The minimum atomic E-state index is -0.394. The molecule has 1 heterocycles. The zero-order valence-electron chi connectivity index (χ0n) is 19.6. The summed E-state index contributed by atoms with van der Waals surface area (Å²) in [6.45, 7) is 7.24. The van der Waals surface area contributed by atoms with Crippen LogP contribution >= 0.6 is 0 Å². The Morgan fingerprint density at radius 3 is 2.25 bits per heavy atom. The molecular weight excluding hydrogens is 406 g/mol. The summed E-state index contributed by atoms with van der Waals surface area (Å²) in [5.74, 6) is 1.26. The van der Waals surface area contributed by atoms with E-state index in [4.69, 9.17) is 9.47 Å². The Morgan fingerprint density at radius 2 is 1.66 bits per heavy atom. The van der Waals surface area contributed by atoms with Gasteiger partial charge in [-0.05, 0) is 56.0 Å². The van der Waals surface area contributed by atoms with Crippen LogP contribution in [0.2, 0.25) is 0 Å². The number of nitrogens with zero attached hydrogens (tertiary/aromatic N) is 2. The number of hydrogen-bond donors (Lipinski definition) is 1. The second kappa shape index (κ2) is 9.94. The van der Waals surface area contributed by atoms with Gasteiger partial charge in [0, 0.05) is 25.2 Å². The van der Waals surface area contributed by atoms with Gasteiger partial charge in [0.2, 0.25) is 5.91 Å². The lowest BCUT2D eigenvalue weighted by Gasteiger charge is -2.33. The number of rotatable bonds is 6. The quantitative estimate of drug-likeness (QED) is 0.747. The maximum Gasteiger partial charge on any atom is 0.318 e. The molecule has 0 spiro atoms. The molecule has 0 fully saturated rings. The maximum absolute atomic E-state index is 13.2. The van der Waals surface area contributed by atoms with Crippen molar-refractivity contribution in [2.75, 3.05) is 27.3 Å². The van der Waals surface area contributed by atoms with Crippen LogP contribution in [0.3, 0.4) is 0 Å². The first kappa shape index (κ1) is 23.4. The first-order chi connectivity index (χ1) is 15.2. The van der Waals surface area contributed by atoms with Gasteiger partial charge in [-0.3, -0.25) is 4.79 Å². The van der Waals surface area contributed by atoms with Gasteiger partial charge in [-0.25, -0.2) is 4.79 Å². The molecule has 0 saturated heterocycles. The monoisotopic (exact) mass is 439 g/mol. The van der Waals surface area contributed by atoms with Crippen LogP contribution in [-0.4, -0.2) is 54.6 Å². The number of nitrogens with one attached hydrogen (secondary N) is 1. The molecular formula is C25H33N3O4. The lowest BCUT2D eigenvalue weighted by atomic mass is 9.98. The number of hydrogen-bond acceptors (Lipinski definition) is 4. The van der Waals surface area contributed by atoms with Gasteiger partial charge in [0.05, 0.1) is 14.2 Å². The third kappa shape index (κ3) is 5.93. The van der Waals surface area contributed by atoms with Gasteiger partial charge < -0.3 is 24.6 Å². The van der Waals surface area contributed by atoms with Crippen molar-refractivity contribution < 1.29 is 19.1 Å². The summed E-state index contributed by atoms with van der Waals surface area (Å²) < 4.78 is 10.8. The predicted molar refractivity (Wildman–Crippen MR) is 124 cm³/mol. The van der Waals surface area contributed by atoms with E-state index in [1.807, 2.05) is 63.2 Å². The van der Waals surface area contributed by atoms with Crippen molar-refractivity contribution in [3.63, 3.8) is 0 Å². The van der Waals surface area contributed by atoms with Gasteiger partial charge in [-0.1, -0.05) is 30.3 Å². The fourth-order valence-electron chi connectivity index (χ4n) is 3.76. The molecule has 0 bridgehead atoms. The number of benzene rings is 2. The minimum Gasteiger partial charge on any atom is -0.493 e. The molecule has 1 aliphatic heterocycles. The van der Waals surface area contributed by atoms with E-state index in [-0.39, 0.29) is 18.5 Å². The fraction of sp³-hybridized carbons (Fsp3) is 0.440. The molecule has 0 unspecified atom stereocenters. The normalized spacial score (nSPS) is 13.2. The number of carbonyl (C=O) groups excluding carboxylic acids is 2. The Bertz CT molecular complexity index is 954. The van der Waals surface area contributed by atoms with E-state index in [1.54, 1.807) is 24.0 Å². The number of amides is 3. The Labute approximate surface area is 190 Å². The topological polar surface area (TPSA) is 71.1 Å². The molecule has 172 valence electrons. The van der Waals surface area contributed by atoms with Crippen molar-refractivity contribution in [2.24, 2.45) is 0 Å². The number of fused-ring (bicyclic) bond motifs is 1. The van der Waals surface area contributed by atoms with Crippen molar-refractivity contribution in [3.8, 4) is 11.5 Å². The highest BCUT2D eigenvalue weighted by Crippen LogP contribution is 2.33. The molecule has 2 aromatic rings. The van der Waals surface area contributed by atoms with E-state index in [2.05, 4.69) is 5.32 Å². The molecule has 2 aromatic carbocycles. The maximum atomic E-state index is 13.2. The van der Waals surface area contributed by atoms with Crippen LogP contribution < -0.4 is 14.8 Å². The minimum absolute atomic E-state index is 0.0133. The van der Waals surface area contributed by atoms with E-state index in [0.717, 1.165) is 23.1 Å². The summed E-state index contributed by atoms with van der Waals surface area (Å²) in [5.41, 5.74) is 2.77. The first-order valence-corrected chi connectivity index (χ1v) is 10.8. The van der Waals surface area contributed by atoms with Gasteiger partial charge in [-0.15, -0.1) is 0 Å². The smallest absolute Gasteiger partial charge is 0.318 e. The summed E-state index contributed by atoms with van der Waals surface area (Å²) in [7, 11) is 3.22. The Morgan fingerprint density at radius 1 is 1.03 bits per heavy atom. The Hall–Kier alpha value is -3.22. The van der Waals surface area contributed by atoms with Crippen LogP contribution in [0.5, 0.6) is 11.5 Å². The summed E-state index contributed by atoms with van der Waals surface area (Å²) in [6, 6.07) is 13.4. The zero-order valence-corrected chi connectivity index (χ0v) is 19.6. The van der Waals surface area contributed by atoms with Crippen LogP contribution in [0.15, 0.2) is 42.5 Å². The molecule has 3 amide bonds. The van der Waals surface area contributed by atoms with Gasteiger partial charge in [0.25, 0.3) is 0 Å². The molecule has 0 radical (unpaired) electrons. The van der Waals surface area contributed by atoms with Crippen LogP contribution in [-0.2, 0) is 24.3 Å². The molecule has 7 nitrogen and oxygen atoms in total. The molecule has 7 heteroatoms. The second-order valence-electron chi connectivity index (χ2n) is 9.06. The van der Waals surface area contributed by atoms with Crippen molar-refractivity contribution in [3.05, 3.63) is 59.2 Å². The van der Waals surface area contributed by atoms with E-state index in [9.17, 15) is 9.59 Å². The summed E-state index contributed by atoms with van der Waals surface area (Å²) in [6.07, 6.45) is 0.730. The number of ether oxygens (including phenoxy) is 2. The predicted octanol–water partition coefficient (Wildman–Crippen LogP) is 3.60. The van der Waals surface area contributed by atoms with Crippen LogP contribution in [0, 0.1) is 0 Å². The zero-order chi connectivity index (χ0) is 23.3. The van der Waals surface area contributed by atoms with E-state index in [1.165, 1.54) is 0 Å². The molecule has 0 saturated carbocycles. The molecule has 0 aromatic heterocycles. The van der Waals surface area contributed by atoms with Crippen LogP contribution in [0.4, 0.5) is 4.79 Å². The Balaban J connectivity index is 1.75. The third-order valence-corrected chi connectivity index (χ3v) is 5.38. The first-order valence-electron chi connectivity index (χ1n) is 10.8. The fourth-order valence-corrected chi connectivity index (χ4v) is 3.76. The molecule has 0 atom stereocenters. The molecule has 1 N–H and O–H groups in total. The molecule has 1 aliphatic rings. The van der Waals surface area contributed by atoms with Gasteiger partial charge in [-0.2, -0.15) is 0 Å². The lowest BCUT2D eigenvalue weighted by Crippen LogP contribution is -2.51. The standard InChI is InChI=1S/C25H33N3O4/c1-25(2,3)26-24(30)28(15-18-9-7-6-8-10-18)17-23(29)27-12-11-19-13-21(31-4)22(32-5)14-20(19)16-27/h6-10,13-14H,11-12,15-17H2,1-5H3,(H,26,30). The van der Waals surface area contributed by atoms with Gasteiger partial charge in [0.1, 0.15) is 6.54 Å². The van der Waals surface area contributed by atoms with Gasteiger partial charge >= 0.3 is 6.03 Å². The third-order valence-electron chi connectivity index (χ3n) is 5.38. The average Bonchev–Trinajstić information content (AvgIpc) is 2.76. The Kier molecular flexibility index (Phi) is 7.28. The largest absolute Gasteiger partial charge is 0.493 e. The molecule has 0 aliphatic carbocycles. The number of methoxy groups -OCH3 is 2. The highest BCUT2D eigenvalue weighted by molar-refractivity contribution is 5.84. The summed E-state index contributed by atoms with van der Waals surface area (Å²) >= 11 is 0. The number of carbonyl (C=O) groups is 2. The van der Waals surface area contributed by atoms with E-state index in [0.29, 0.717) is 31.1 Å². The van der Waals surface area contributed by atoms with Crippen molar-refractivity contribution in [2.45, 2.75) is 45.8 Å². The highest BCUT2D eigenvalue weighted by atomic mass is 16.5.